The maximum Gasteiger partial charge on any atom is 0.309 e. The number of piperidine rings is 1. The van der Waals surface area contributed by atoms with E-state index < -0.39 is 0 Å². The van der Waals surface area contributed by atoms with Crippen LogP contribution in [0.5, 0.6) is 5.75 Å². The molecule has 150 valence electrons. The van der Waals surface area contributed by atoms with E-state index in [9.17, 15) is 4.79 Å². The summed E-state index contributed by atoms with van der Waals surface area (Å²) >= 11 is 0. The van der Waals surface area contributed by atoms with Gasteiger partial charge < -0.3 is 14.1 Å². The van der Waals surface area contributed by atoms with Gasteiger partial charge in [-0.15, -0.1) is 0 Å². The zero-order valence-corrected chi connectivity index (χ0v) is 16.4. The molecule has 6 heteroatoms. The van der Waals surface area contributed by atoms with Crippen LogP contribution in [-0.2, 0) is 0 Å². The summed E-state index contributed by atoms with van der Waals surface area (Å²) in [4.78, 5) is 22.5. The molecule has 0 atom stereocenters. The molecule has 0 unspecified atom stereocenters. The molecule has 1 amide bonds. The van der Waals surface area contributed by atoms with Gasteiger partial charge in [0.25, 0.3) is 5.89 Å². The maximum absolute atomic E-state index is 12.3. The highest BCUT2D eigenvalue weighted by atomic mass is 16.5. The van der Waals surface area contributed by atoms with Crippen LogP contribution in [-0.4, -0.2) is 40.0 Å². The molecular formula is C24H21N3O3. The Morgan fingerprint density at radius 3 is 2.57 bits per heavy atom. The first kappa shape index (κ1) is 18.4. The van der Waals surface area contributed by atoms with Crippen LogP contribution in [0.2, 0.25) is 0 Å². The molecule has 1 saturated heterocycles. The van der Waals surface area contributed by atoms with Crippen LogP contribution >= 0.6 is 0 Å². The summed E-state index contributed by atoms with van der Waals surface area (Å²) in [6.45, 7) is 1.26. The summed E-state index contributed by atoms with van der Waals surface area (Å²) in [5.41, 5.74) is 3.18. The van der Waals surface area contributed by atoms with E-state index in [-0.39, 0.29) is 17.9 Å². The lowest BCUT2D eigenvalue weighted by Gasteiger charge is -2.31. The summed E-state index contributed by atoms with van der Waals surface area (Å²) < 4.78 is 11.2. The van der Waals surface area contributed by atoms with Crippen LogP contribution in [0.15, 0.2) is 77.7 Å². The molecule has 1 aliphatic rings. The monoisotopic (exact) mass is 399 g/mol. The molecule has 4 aromatic rings. The summed E-state index contributed by atoms with van der Waals surface area (Å²) in [7, 11) is 0. The van der Waals surface area contributed by atoms with Gasteiger partial charge in [0.05, 0.1) is 11.7 Å². The minimum Gasteiger partial charge on any atom is -0.490 e. The molecule has 0 radical (unpaired) electrons. The van der Waals surface area contributed by atoms with Crippen LogP contribution in [0.25, 0.3) is 22.0 Å². The zero-order chi connectivity index (χ0) is 20.3. The number of rotatable bonds is 4. The van der Waals surface area contributed by atoms with Crippen molar-refractivity contribution in [3.05, 3.63) is 79.1 Å². The molecule has 0 N–H and O–H groups in total. The number of carbonyl (C=O) groups is 1. The third-order valence-corrected chi connectivity index (χ3v) is 5.43. The molecule has 0 spiro atoms. The summed E-state index contributed by atoms with van der Waals surface area (Å²) in [5, 5.41) is 1.13. The van der Waals surface area contributed by atoms with E-state index in [4.69, 9.17) is 9.15 Å². The molecule has 2 aromatic carbocycles. The number of oxazole rings is 1. The van der Waals surface area contributed by atoms with Gasteiger partial charge >= 0.3 is 5.91 Å². The van der Waals surface area contributed by atoms with Gasteiger partial charge in [0, 0.05) is 43.1 Å². The summed E-state index contributed by atoms with van der Waals surface area (Å²) in [6, 6.07) is 18.4. The van der Waals surface area contributed by atoms with Crippen LogP contribution in [0.1, 0.15) is 23.5 Å². The van der Waals surface area contributed by atoms with Gasteiger partial charge in [0.15, 0.2) is 0 Å². The molecule has 1 fully saturated rings. The molecule has 0 saturated carbocycles. The molecule has 0 bridgehead atoms. The second-order valence-corrected chi connectivity index (χ2v) is 7.39. The normalized spacial score (nSPS) is 14.7. The van der Waals surface area contributed by atoms with E-state index in [2.05, 4.69) is 34.2 Å². The highest BCUT2D eigenvalue weighted by Crippen LogP contribution is 2.26. The first-order valence-electron chi connectivity index (χ1n) is 10.1. The van der Waals surface area contributed by atoms with Crippen LogP contribution in [0, 0.1) is 0 Å². The van der Waals surface area contributed by atoms with Gasteiger partial charge in [0.2, 0.25) is 0 Å². The number of benzene rings is 2. The van der Waals surface area contributed by atoms with Crippen molar-refractivity contribution >= 4 is 16.8 Å². The predicted molar refractivity (Wildman–Crippen MR) is 113 cm³/mol. The number of likely N-dealkylation sites (tertiary alicyclic amines) is 1. The molecule has 5 rings (SSSR count). The van der Waals surface area contributed by atoms with Gasteiger partial charge in [-0.25, -0.2) is 4.98 Å². The van der Waals surface area contributed by atoms with Crippen molar-refractivity contribution in [2.75, 3.05) is 13.1 Å². The van der Waals surface area contributed by atoms with E-state index >= 15 is 0 Å². The number of hydrogen-bond donors (Lipinski definition) is 0. The number of amides is 1. The van der Waals surface area contributed by atoms with Gasteiger partial charge in [-0.2, -0.15) is 0 Å². The van der Waals surface area contributed by atoms with E-state index in [0.717, 1.165) is 40.6 Å². The zero-order valence-electron chi connectivity index (χ0n) is 16.4. The Morgan fingerprint density at radius 2 is 1.80 bits per heavy atom. The lowest BCUT2D eigenvalue weighted by molar-refractivity contribution is 0.0559. The van der Waals surface area contributed by atoms with Crippen molar-refractivity contribution in [3.63, 3.8) is 0 Å². The SMILES string of the molecule is O=C(c1ncco1)N1CCC(Oc2ccc(-c3cnc4ccccc4c3)cc2)CC1. The molecule has 3 heterocycles. The van der Waals surface area contributed by atoms with Crippen molar-refractivity contribution in [1.29, 1.82) is 0 Å². The minimum atomic E-state index is -0.160. The smallest absolute Gasteiger partial charge is 0.309 e. The Morgan fingerprint density at radius 1 is 1.00 bits per heavy atom. The quantitative estimate of drug-likeness (QED) is 0.503. The fourth-order valence-electron chi connectivity index (χ4n) is 3.79. The third kappa shape index (κ3) is 3.76. The second-order valence-electron chi connectivity index (χ2n) is 7.39. The lowest BCUT2D eigenvalue weighted by atomic mass is 10.0. The highest BCUT2D eigenvalue weighted by molar-refractivity contribution is 5.89. The fraction of sp³-hybridized carbons (Fsp3) is 0.208. The molecular weight excluding hydrogens is 378 g/mol. The Bertz CT molecular complexity index is 1150. The van der Waals surface area contributed by atoms with Crippen molar-refractivity contribution in [3.8, 4) is 16.9 Å². The molecule has 0 aliphatic carbocycles. The number of ether oxygens (including phenoxy) is 1. The molecule has 6 nitrogen and oxygen atoms in total. The van der Waals surface area contributed by atoms with Crippen LogP contribution < -0.4 is 4.74 Å². The van der Waals surface area contributed by atoms with E-state index in [1.54, 1.807) is 4.90 Å². The second kappa shape index (κ2) is 7.99. The van der Waals surface area contributed by atoms with E-state index in [1.807, 2.05) is 36.5 Å². The Labute approximate surface area is 174 Å². The Hall–Kier alpha value is -3.67. The van der Waals surface area contributed by atoms with Gasteiger partial charge in [-0.1, -0.05) is 30.3 Å². The lowest BCUT2D eigenvalue weighted by Crippen LogP contribution is -2.41. The number of aromatic nitrogens is 2. The van der Waals surface area contributed by atoms with Crippen molar-refractivity contribution in [2.24, 2.45) is 0 Å². The number of pyridine rings is 1. The Kier molecular flexibility index (Phi) is 4.89. The average molecular weight is 399 g/mol. The largest absolute Gasteiger partial charge is 0.490 e. The Balaban J connectivity index is 1.21. The summed E-state index contributed by atoms with van der Waals surface area (Å²) in [6.07, 6.45) is 6.46. The van der Waals surface area contributed by atoms with Gasteiger partial charge in [-0.05, 0) is 29.8 Å². The fourth-order valence-corrected chi connectivity index (χ4v) is 3.79. The van der Waals surface area contributed by atoms with Crippen molar-refractivity contribution in [2.45, 2.75) is 18.9 Å². The number of fused-ring (bicyclic) bond motifs is 1. The van der Waals surface area contributed by atoms with Crippen molar-refractivity contribution in [1.82, 2.24) is 14.9 Å². The van der Waals surface area contributed by atoms with Gasteiger partial charge in [-0.3, -0.25) is 9.78 Å². The predicted octanol–water partition coefficient (Wildman–Crippen LogP) is 4.57. The molecule has 2 aromatic heterocycles. The first-order valence-corrected chi connectivity index (χ1v) is 10.1. The number of hydrogen-bond acceptors (Lipinski definition) is 5. The van der Waals surface area contributed by atoms with Gasteiger partial charge in [0.1, 0.15) is 18.1 Å². The number of nitrogens with zero attached hydrogens (tertiary/aromatic N) is 3. The molecule has 1 aliphatic heterocycles. The first-order chi connectivity index (χ1) is 14.8. The molecule has 30 heavy (non-hydrogen) atoms. The van der Waals surface area contributed by atoms with E-state index in [0.29, 0.717) is 13.1 Å². The summed E-state index contributed by atoms with van der Waals surface area (Å²) in [5.74, 6) is 0.824. The van der Waals surface area contributed by atoms with Crippen molar-refractivity contribution < 1.29 is 13.9 Å². The van der Waals surface area contributed by atoms with Crippen LogP contribution in [0.4, 0.5) is 0 Å². The average Bonchev–Trinajstić information content (AvgIpc) is 3.34. The highest BCUT2D eigenvalue weighted by Gasteiger charge is 2.26. The topological polar surface area (TPSA) is 68.5 Å². The number of carbonyl (C=O) groups excluding carboxylic acids is 1. The number of para-hydroxylation sites is 1. The third-order valence-electron chi connectivity index (χ3n) is 5.43. The van der Waals surface area contributed by atoms with E-state index in [1.165, 1.54) is 12.5 Å². The maximum atomic E-state index is 12.3. The minimum absolute atomic E-state index is 0.0896. The standard InChI is InChI=1S/C24H21N3O3/c28-24(23-25-11-14-29-23)27-12-9-21(10-13-27)30-20-7-5-17(6-8-20)19-15-18-3-1-2-4-22(18)26-16-19/h1-8,11,14-16,21H,9-10,12-13H2. The van der Waals surface area contributed by atoms with Crippen LogP contribution in [0.3, 0.4) is 0 Å².